The van der Waals surface area contributed by atoms with Crippen molar-refractivity contribution in [3.63, 3.8) is 0 Å². The topological polar surface area (TPSA) is 78.9 Å². The van der Waals surface area contributed by atoms with E-state index in [1.165, 1.54) is 148 Å². The fourth-order valence-electron chi connectivity index (χ4n) is 7.31. The second-order valence-corrected chi connectivity index (χ2v) is 17.4. The van der Waals surface area contributed by atoms with Gasteiger partial charge in [0.15, 0.2) is 6.10 Å². The van der Waals surface area contributed by atoms with E-state index in [9.17, 15) is 14.4 Å². The molecule has 6 nitrogen and oxygen atoms in total. The van der Waals surface area contributed by atoms with E-state index in [0.717, 1.165) is 70.6 Å². The molecule has 0 heterocycles. The molecule has 0 rings (SSSR count). The Labute approximate surface area is 378 Å². The smallest absolute Gasteiger partial charge is 0.306 e. The summed E-state index contributed by atoms with van der Waals surface area (Å²) < 4.78 is 16.7. The monoisotopic (exact) mass is 855 g/mol. The Kier molecular flexibility index (Phi) is 47.9. The number of rotatable bonds is 47. The average Bonchev–Trinajstić information content (AvgIpc) is 3.26. The molecule has 0 saturated heterocycles. The van der Waals surface area contributed by atoms with Crippen molar-refractivity contribution >= 4 is 17.9 Å². The molecule has 0 aromatic rings. The summed E-state index contributed by atoms with van der Waals surface area (Å²) in [7, 11) is 0. The van der Waals surface area contributed by atoms with E-state index in [-0.39, 0.29) is 37.5 Å². The van der Waals surface area contributed by atoms with Crippen LogP contribution < -0.4 is 0 Å². The lowest BCUT2D eigenvalue weighted by atomic mass is 10.1. The van der Waals surface area contributed by atoms with E-state index in [1.54, 1.807) is 0 Å². The van der Waals surface area contributed by atoms with Crippen molar-refractivity contribution in [3.05, 3.63) is 48.6 Å². The second-order valence-electron chi connectivity index (χ2n) is 17.4. The first-order valence-electron chi connectivity index (χ1n) is 26.1. The summed E-state index contributed by atoms with van der Waals surface area (Å²) in [6.45, 7) is 6.56. The van der Waals surface area contributed by atoms with Gasteiger partial charge in [0.25, 0.3) is 0 Å². The van der Waals surface area contributed by atoms with E-state index in [2.05, 4.69) is 63.3 Å². The molecule has 0 bridgehead atoms. The molecule has 61 heavy (non-hydrogen) atoms. The fraction of sp³-hybridized carbons (Fsp3) is 0.800. The van der Waals surface area contributed by atoms with Crippen LogP contribution in [0.1, 0.15) is 265 Å². The quantitative estimate of drug-likeness (QED) is 0.0263. The number of ether oxygens (including phenoxy) is 3. The molecule has 354 valence electrons. The molecule has 0 aromatic carbocycles. The minimum absolute atomic E-state index is 0.0996. The molecule has 0 spiro atoms. The maximum atomic E-state index is 12.8. The molecule has 0 aliphatic rings. The molecule has 0 N–H and O–H groups in total. The summed E-state index contributed by atoms with van der Waals surface area (Å²) in [6, 6.07) is 0. The Morgan fingerprint density at radius 2 is 0.623 bits per heavy atom. The van der Waals surface area contributed by atoms with Gasteiger partial charge in [-0.25, -0.2) is 0 Å². The van der Waals surface area contributed by atoms with Crippen LogP contribution in [0.4, 0.5) is 0 Å². The van der Waals surface area contributed by atoms with Crippen molar-refractivity contribution in [2.45, 2.75) is 271 Å². The highest BCUT2D eigenvalue weighted by Crippen LogP contribution is 2.14. The van der Waals surface area contributed by atoms with Gasteiger partial charge in [-0.1, -0.05) is 204 Å². The number of allylic oxidation sites excluding steroid dienone is 8. The molecule has 0 aromatic heterocycles. The molecular formula is C55H98O6. The van der Waals surface area contributed by atoms with E-state index >= 15 is 0 Å². The third-order valence-corrected chi connectivity index (χ3v) is 11.3. The summed E-state index contributed by atoms with van der Waals surface area (Å²) in [4.78, 5) is 37.9. The van der Waals surface area contributed by atoms with Crippen molar-refractivity contribution in [1.29, 1.82) is 0 Å². The second kappa shape index (κ2) is 50.0. The van der Waals surface area contributed by atoms with Crippen LogP contribution in [0.3, 0.4) is 0 Å². The van der Waals surface area contributed by atoms with Gasteiger partial charge in [-0.15, -0.1) is 0 Å². The Morgan fingerprint density at radius 3 is 1.03 bits per heavy atom. The number of carbonyl (C=O) groups excluding carboxylic acids is 3. The Balaban J connectivity index is 4.45. The third-order valence-electron chi connectivity index (χ3n) is 11.3. The first-order chi connectivity index (χ1) is 30.0. The predicted molar refractivity (Wildman–Crippen MR) is 261 cm³/mol. The number of esters is 3. The van der Waals surface area contributed by atoms with E-state index in [1.807, 2.05) is 6.08 Å². The SMILES string of the molecule is CCCCCCCC/C=C\C/C=C\CCC(=O)OCC(COC(=O)CCCCCCC/C=C\CCCCCCCCC)OC(=O)CCCCC/C=C\CCCCCCCCC. The number of unbranched alkanes of at least 4 members (excludes halogenated alkanes) is 28. The highest BCUT2D eigenvalue weighted by molar-refractivity contribution is 5.71. The maximum absolute atomic E-state index is 12.8. The fourth-order valence-corrected chi connectivity index (χ4v) is 7.31. The molecule has 6 heteroatoms. The van der Waals surface area contributed by atoms with Crippen LogP contribution in [0.5, 0.6) is 0 Å². The lowest BCUT2D eigenvalue weighted by Gasteiger charge is -2.18. The summed E-state index contributed by atoms with van der Waals surface area (Å²) in [5.41, 5.74) is 0. The van der Waals surface area contributed by atoms with Crippen molar-refractivity contribution in [2.24, 2.45) is 0 Å². The Hall–Kier alpha value is -2.63. The zero-order chi connectivity index (χ0) is 44.4. The van der Waals surface area contributed by atoms with Crippen LogP contribution in [0.25, 0.3) is 0 Å². The minimum Gasteiger partial charge on any atom is -0.462 e. The van der Waals surface area contributed by atoms with Crippen LogP contribution in [-0.2, 0) is 28.6 Å². The largest absolute Gasteiger partial charge is 0.462 e. The van der Waals surface area contributed by atoms with E-state index in [4.69, 9.17) is 14.2 Å². The summed E-state index contributed by atoms with van der Waals surface area (Å²) in [5.74, 6) is -0.988. The van der Waals surface area contributed by atoms with E-state index in [0.29, 0.717) is 19.3 Å². The van der Waals surface area contributed by atoms with Gasteiger partial charge < -0.3 is 14.2 Å². The van der Waals surface area contributed by atoms with Crippen LogP contribution in [0, 0.1) is 0 Å². The molecule has 1 atom stereocenters. The van der Waals surface area contributed by atoms with Gasteiger partial charge in [0, 0.05) is 19.3 Å². The lowest BCUT2D eigenvalue weighted by molar-refractivity contribution is -0.166. The zero-order valence-corrected chi connectivity index (χ0v) is 40.4. The molecule has 0 fully saturated rings. The van der Waals surface area contributed by atoms with Crippen molar-refractivity contribution in [2.75, 3.05) is 13.2 Å². The standard InChI is InChI=1S/C55H98O6/c1-4-7-10-13-16-19-22-25-27-28-31-33-36-39-42-45-48-54(57)60-51-52(50-59-53(56)47-44-41-38-35-32-29-24-21-18-15-12-9-6-3)61-55(58)49-46-43-40-37-34-30-26-23-20-17-14-11-8-5-2/h27-30,32,34,38,41,52H,4-26,31,33,35-37,39-40,42-51H2,1-3H3/b28-27-,32-29-,34-30-,41-38-. The molecule has 0 saturated carbocycles. The Morgan fingerprint density at radius 1 is 0.328 bits per heavy atom. The van der Waals surface area contributed by atoms with Gasteiger partial charge >= 0.3 is 17.9 Å². The summed E-state index contributed by atoms with van der Waals surface area (Å²) >= 11 is 0. The number of hydrogen-bond acceptors (Lipinski definition) is 6. The van der Waals surface area contributed by atoms with E-state index < -0.39 is 6.10 Å². The predicted octanol–water partition coefficient (Wildman–Crippen LogP) is 17.1. The summed E-state index contributed by atoms with van der Waals surface area (Å²) in [6.07, 6.45) is 59.6. The maximum Gasteiger partial charge on any atom is 0.306 e. The van der Waals surface area contributed by atoms with Crippen LogP contribution >= 0.6 is 0 Å². The van der Waals surface area contributed by atoms with Crippen LogP contribution in [0.2, 0.25) is 0 Å². The highest BCUT2D eigenvalue weighted by Gasteiger charge is 2.19. The van der Waals surface area contributed by atoms with Crippen LogP contribution in [0.15, 0.2) is 48.6 Å². The normalized spacial score (nSPS) is 12.4. The molecule has 0 amide bonds. The van der Waals surface area contributed by atoms with Gasteiger partial charge in [0.05, 0.1) is 0 Å². The molecule has 0 radical (unpaired) electrons. The van der Waals surface area contributed by atoms with Gasteiger partial charge in [0.2, 0.25) is 0 Å². The number of hydrogen-bond donors (Lipinski definition) is 0. The van der Waals surface area contributed by atoms with Gasteiger partial charge in [-0.05, 0) is 89.9 Å². The Bertz CT molecular complexity index is 1070. The van der Waals surface area contributed by atoms with Crippen LogP contribution in [-0.4, -0.2) is 37.2 Å². The highest BCUT2D eigenvalue weighted by atomic mass is 16.6. The van der Waals surface area contributed by atoms with Crippen molar-refractivity contribution < 1.29 is 28.6 Å². The lowest BCUT2D eigenvalue weighted by Crippen LogP contribution is -2.30. The third kappa shape index (κ3) is 48.3. The number of carbonyl (C=O) groups is 3. The average molecular weight is 855 g/mol. The summed E-state index contributed by atoms with van der Waals surface area (Å²) in [5, 5.41) is 0. The molecule has 0 aliphatic carbocycles. The zero-order valence-electron chi connectivity index (χ0n) is 40.4. The van der Waals surface area contributed by atoms with Crippen molar-refractivity contribution in [3.8, 4) is 0 Å². The van der Waals surface area contributed by atoms with Gasteiger partial charge in [-0.3, -0.25) is 14.4 Å². The molecule has 1 unspecified atom stereocenters. The first kappa shape index (κ1) is 58.4. The van der Waals surface area contributed by atoms with Crippen molar-refractivity contribution in [1.82, 2.24) is 0 Å². The molecule has 0 aliphatic heterocycles. The van der Waals surface area contributed by atoms with Gasteiger partial charge in [-0.2, -0.15) is 0 Å². The minimum atomic E-state index is -0.804. The van der Waals surface area contributed by atoms with Gasteiger partial charge in [0.1, 0.15) is 13.2 Å². The molecular weight excluding hydrogens is 757 g/mol. The first-order valence-corrected chi connectivity index (χ1v) is 26.1.